The standard InChI is InChI=1S/C23H30N2O2/c1-4-25-18(3)11-14-21(23(25)27)22(26)24-15-7-9-19(16-24)12-13-20-10-6-5-8-17(20)2/h5-6,8,10-11,14,19H,4,7,9,12-13,15-16H2,1-3H3/t19-/m1/s1. The minimum atomic E-state index is -0.162. The lowest BCUT2D eigenvalue weighted by Crippen LogP contribution is -2.42. The van der Waals surface area contributed by atoms with Crippen LogP contribution in [0.5, 0.6) is 0 Å². The predicted molar refractivity (Wildman–Crippen MR) is 109 cm³/mol. The van der Waals surface area contributed by atoms with Gasteiger partial charge in [-0.2, -0.15) is 0 Å². The number of amides is 1. The molecule has 144 valence electrons. The van der Waals surface area contributed by atoms with E-state index in [1.54, 1.807) is 10.6 Å². The van der Waals surface area contributed by atoms with E-state index < -0.39 is 0 Å². The van der Waals surface area contributed by atoms with Crippen LogP contribution in [0.2, 0.25) is 0 Å². The highest BCUT2D eigenvalue weighted by atomic mass is 16.2. The summed E-state index contributed by atoms with van der Waals surface area (Å²) in [7, 11) is 0. The molecule has 27 heavy (non-hydrogen) atoms. The average molecular weight is 367 g/mol. The van der Waals surface area contributed by atoms with Crippen LogP contribution in [0.3, 0.4) is 0 Å². The van der Waals surface area contributed by atoms with Gasteiger partial charge in [-0.15, -0.1) is 0 Å². The van der Waals surface area contributed by atoms with Crippen molar-refractivity contribution in [2.24, 2.45) is 5.92 Å². The summed E-state index contributed by atoms with van der Waals surface area (Å²) in [5.74, 6) is 0.393. The van der Waals surface area contributed by atoms with Crippen molar-refractivity contribution in [1.82, 2.24) is 9.47 Å². The molecule has 4 heteroatoms. The second-order valence-electron chi connectivity index (χ2n) is 7.66. The molecular formula is C23H30N2O2. The van der Waals surface area contributed by atoms with Crippen molar-refractivity contribution < 1.29 is 4.79 Å². The highest BCUT2D eigenvalue weighted by Gasteiger charge is 2.26. The van der Waals surface area contributed by atoms with Crippen LogP contribution in [0.15, 0.2) is 41.2 Å². The van der Waals surface area contributed by atoms with Gasteiger partial charge in [-0.3, -0.25) is 9.59 Å². The number of carbonyl (C=O) groups excluding carboxylic acids is 1. The summed E-state index contributed by atoms with van der Waals surface area (Å²) in [6.45, 7) is 8.09. The Balaban J connectivity index is 1.68. The molecule has 0 N–H and O–H groups in total. The molecule has 3 rings (SSSR count). The minimum absolute atomic E-state index is 0.109. The topological polar surface area (TPSA) is 42.3 Å². The van der Waals surface area contributed by atoms with Crippen molar-refractivity contribution in [3.63, 3.8) is 0 Å². The zero-order chi connectivity index (χ0) is 19.4. The molecule has 1 fully saturated rings. The Bertz CT molecular complexity index is 869. The summed E-state index contributed by atoms with van der Waals surface area (Å²) in [6.07, 6.45) is 4.30. The van der Waals surface area contributed by atoms with E-state index in [4.69, 9.17) is 0 Å². The van der Waals surface area contributed by atoms with E-state index in [1.165, 1.54) is 11.1 Å². The van der Waals surface area contributed by atoms with E-state index in [1.807, 2.05) is 24.8 Å². The number of likely N-dealkylation sites (tertiary alicyclic amines) is 1. The number of hydrogen-bond acceptors (Lipinski definition) is 2. The van der Waals surface area contributed by atoms with Gasteiger partial charge in [-0.25, -0.2) is 0 Å². The van der Waals surface area contributed by atoms with Gasteiger partial charge in [0.15, 0.2) is 0 Å². The fraction of sp³-hybridized carbons (Fsp3) is 0.478. The molecule has 0 saturated carbocycles. The van der Waals surface area contributed by atoms with E-state index in [-0.39, 0.29) is 11.5 Å². The second kappa shape index (κ2) is 8.55. The molecule has 1 atom stereocenters. The fourth-order valence-electron chi connectivity index (χ4n) is 4.13. The molecule has 0 radical (unpaired) electrons. The van der Waals surface area contributed by atoms with Crippen LogP contribution in [0, 0.1) is 19.8 Å². The van der Waals surface area contributed by atoms with Crippen LogP contribution in [0.25, 0.3) is 0 Å². The first kappa shape index (κ1) is 19.4. The van der Waals surface area contributed by atoms with Crippen molar-refractivity contribution in [3.05, 3.63) is 69.1 Å². The fourth-order valence-corrected chi connectivity index (χ4v) is 4.13. The number of aromatic nitrogens is 1. The zero-order valence-electron chi connectivity index (χ0n) is 16.7. The first-order valence-corrected chi connectivity index (χ1v) is 10.1. The summed E-state index contributed by atoms with van der Waals surface area (Å²) < 4.78 is 1.67. The molecule has 0 bridgehead atoms. The number of benzene rings is 1. The molecule has 0 aliphatic carbocycles. The Morgan fingerprint density at radius 1 is 1.15 bits per heavy atom. The van der Waals surface area contributed by atoms with E-state index in [0.717, 1.165) is 44.5 Å². The number of carbonyl (C=O) groups is 1. The lowest BCUT2D eigenvalue weighted by Gasteiger charge is -2.33. The van der Waals surface area contributed by atoms with E-state index >= 15 is 0 Å². The number of nitrogens with zero attached hydrogens (tertiary/aromatic N) is 2. The lowest BCUT2D eigenvalue weighted by molar-refractivity contribution is 0.0666. The van der Waals surface area contributed by atoms with Gasteiger partial charge in [0.1, 0.15) is 5.56 Å². The summed E-state index contributed by atoms with van der Waals surface area (Å²) in [5, 5.41) is 0. The maximum absolute atomic E-state index is 13.0. The van der Waals surface area contributed by atoms with Crippen LogP contribution in [-0.2, 0) is 13.0 Å². The zero-order valence-corrected chi connectivity index (χ0v) is 16.7. The maximum atomic E-state index is 13.0. The first-order chi connectivity index (χ1) is 13.0. The third-order valence-corrected chi connectivity index (χ3v) is 5.83. The van der Waals surface area contributed by atoms with Crippen molar-refractivity contribution in [2.45, 2.75) is 53.0 Å². The Kier molecular flexibility index (Phi) is 6.15. The third kappa shape index (κ3) is 4.32. The number of hydrogen-bond donors (Lipinski definition) is 0. The third-order valence-electron chi connectivity index (χ3n) is 5.83. The summed E-state index contributed by atoms with van der Waals surface area (Å²) in [6, 6.07) is 12.1. The van der Waals surface area contributed by atoms with Crippen molar-refractivity contribution in [2.75, 3.05) is 13.1 Å². The second-order valence-corrected chi connectivity index (χ2v) is 7.66. The molecule has 0 unspecified atom stereocenters. The molecule has 1 aromatic carbocycles. The Morgan fingerprint density at radius 2 is 1.93 bits per heavy atom. The van der Waals surface area contributed by atoms with Gasteiger partial charge in [0.05, 0.1) is 0 Å². The molecule has 0 spiro atoms. The van der Waals surface area contributed by atoms with Crippen LogP contribution < -0.4 is 5.56 Å². The van der Waals surface area contributed by atoms with E-state index in [9.17, 15) is 9.59 Å². The van der Waals surface area contributed by atoms with Gasteiger partial charge in [-0.1, -0.05) is 24.3 Å². The summed E-state index contributed by atoms with van der Waals surface area (Å²) >= 11 is 0. The van der Waals surface area contributed by atoms with Crippen LogP contribution in [-0.4, -0.2) is 28.5 Å². The SMILES string of the molecule is CCn1c(C)ccc(C(=O)N2CCC[C@H](CCc3ccccc3C)C2)c1=O. The van der Waals surface area contributed by atoms with Crippen molar-refractivity contribution in [3.8, 4) is 0 Å². The van der Waals surface area contributed by atoms with Gasteiger partial charge in [-0.05, 0) is 75.6 Å². The summed E-state index contributed by atoms with van der Waals surface area (Å²) in [4.78, 5) is 27.5. The lowest BCUT2D eigenvalue weighted by atomic mass is 9.90. The molecule has 2 aromatic rings. The Hall–Kier alpha value is -2.36. The predicted octanol–water partition coefficient (Wildman–Crippen LogP) is 3.97. The maximum Gasteiger partial charge on any atom is 0.263 e. The largest absolute Gasteiger partial charge is 0.338 e. The normalized spacial score (nSPS) is 17.1. The number of pyridine rings is 1. The van der Waals surface area contributed by atoms with Crippen molar-refractivity contribution in [1.29, 1.82) is 0 Å². The van der Waals surface area contributed by atoms with E-state index in [2.05, 4.69) is 31.2 Å². The number of piperidine rings is 1. The molecule has 1 aliphatic rings. The van der Waals surface area contributed by atoms with Gasteiger partial charge < -0.3 is 9.47 Å². The molecule has 4 nitrogen and oxygen atoms in total. The Morgan fingerprint density at radius 3 is 2.67 bits per heavy atom. The molecule has 1 aliphatic heterocycles. The van der Waals surface area contributed by atoms with Crippen LogP contribution in [0.4, 0.5) is 0 Å². The van der Waals surface area contributed by atoms with Gasteiger partial charge in [0, 0.05) is 25.3 Å². The number of aryl methyl sites for hydroxylation is 3. The quantitative estimate of drug-likeness (QED) is 0.803. The molecular weight excluding hydrogens is 336 g/mol. The molecule has 1 amide bonds. The molecule has 2 heterocycles. The van der Waals surface area contributed by atoms with Crippen LogP contribution >= 0.6 is 0 Å². The highest BCUT2D eigenvalue weighted by Crippen LogP contribution is 2.23. The highest BCUT2D eigenvalue weighted by molar-refractivity contribution is 5.94. The summed E-state index contributed by atoms with van der Waals surface area (Å²) in [5.41, 5.74) is 3.77. The average Bonchev–Trinajstić information content (AvgIpc) is 2.67. The monoisotopic (exact) mass is 366 g/mol. The van der Waals surface area contributed by atoms with Gasteiger partial charge in [0.2, 0.25) is 0 Å². The number of rotatable bonds is 5. The minimum Gasteiger partial charge on any atom is -0.338 e. The first-order valence-electron chi connectivity index (χ1n) is 10.1. The van der Waals surface area contributed by atoms with E-state index in [0.29, 0.717) is 18.0 Å². The smallest absolute Gasteiger partial charge is 0.263 e. The van der Waals surface area contributed by atoms with Crippen LogP contribution in [0.1, 0.15) is 53.4 Å². The Labute approximate surface area is 161 Å². The van der Waals surface area contributed by atoms with Gasteiger partial charge in [0.25, 0.3) is 11.5 Å². The molecule has 1 aromatic heterocycles. The molecule has 1 saturated heterocycles. The van der Waals surface area contributed by atoms with Crippen molar-refractivity contribution >= 4 is 5.91 Å². The van der Waals surface area contributed by atoms with Gasteiger partial charge >= 0.3 is 0 Å².